The van der Waals surface area contributed by atoms with E-state index in [1.165, 1.54) is 23.1 Å². The monoisotopic (exact) mass is 476 g/mol. The molecule has 0 atom stereocenters. The molecule has 1 N–H and O–H groups in total. The van der Waals surface area contributed by atoms with Gasteiger partial charge in [0, 0.05) is 16.3 Å². The lowest BCUT2D eigenvalue weighted by Gasteiger charge is -2.10. The fourth-order valence-corrected chi connectivity index (χ4v) is 5.33. The number of amides is 1. The number of pyridine rings is 1. The van der Waals surface area contributed by atoms with Crippen LogP contribution in [0.3, 0.4) is 0 Å². The Balaban J connectivity index is 1.53. The van der Waals surface area contributed by atoms with Crippen molar-refractivity contribution >= 4 is 50.9 Å². The van der Waals surface area contributed by atoms with Gasteiger partial charge in [0.15, 0.2) is 0 Å². The number of thiophene rings is 1. The van der Waals surface area contributed by atoms with Crippen LogP contribution in [0.25, 0.3) is 22.0 Å². The lowest BCUT2D eigenvalue weighted by molar-refractivity contribution is -0.113. The summed E-state index contributed by atoms with van der Waals surface area (Å²) in [5, 5.41) is 7.19. The van der Waals surface area contributed by atoms with Crippen molar-refractivity contribution in [1.82, 2.24) is 4.98 Å². The fraction of sp³-hybridized carbons (Fsp3) is 0.192. The molecule has 4 aromatic rings. The molecular formula is C26H24N2O3S2. The number of carbonyl (C=O) groups excluding carboxylic acids is 2. The molecule has 0 bridgehead atoms. The van der Waals surface area contributed by atoms with Crippen LogP contribution in [0.5, 0.6) is 0 Å². The Bertz CT molecular complexity index is 1320. The van der Waals surface area contributed by atoms with E-state index in [0.717, 1.165) is 38.2 Å². The molecule has 168 valence electrons. The Kier molecular flexibility index (Phi) is 7.11. The number of ether oxygens (including phenoxy) is 1. The van der Waals surface area contributed by atoms with Crippen LogP contribution < -0.4 is 5.32 Å². The second kappa shape index (κ2) is 10.2. The molecular weight excluding hydrogens is 452 g/mol. The summed E-state index contributed by atoms with van der Waals surface area (Å²) in [4.78, 5) is 30.2. The van der Waals surface area contributed by atoms with Crippen LogP contribution in [0.2, 0.25) is 0 Å². The van der Waals surface area contributed by atoms with E-state index in [9.17, 15) is 9.59 Å². The Morgan fingerprint density at radius 1 is 1.06 bits per heavy atom. The van der Waals surface area contributed by atoms with Crippen molar-refractivity contribution in [3.05, 3.63) is 76.7 Å². The molecule has 0 saturated carbocycles. The molecule has 0 saturated heterocycles. The number of para-hydroxylation sites is 1. The van der Waals surface area contributed by atoms with Gasteiger partial charge in [-0.15, -0.1) is 11.3 Å². The smallest absolute Gasteiger partial charge is 0.341 e. The molecule has 2 aromatic heterocycles. The van der Waals surface area contributed by atoms with Crippen molar-refractivity contribution in [2.24, 2.45) is 0 Å². The highest BCUT2D eigenvalue weighted by Crippen LogP contribution is 2.36. The minimum absolute atomic E-state index is 0.185. The number of benzene rings is 2. The van der Waals surface area contributed by atoms with E-state index in [0.29, 0.717) is 10.6 Å². The Morgan fingerprint density at radius 3 is 2.61 bits per heavy atom. The van der Waals surface area contributed by atoms with Gasteiger partial charge in [0.25, 0.3) is 0 Å². The average molecular weight is 477 g/mol. The van der Waals surface area contributed by atoms with Gasteiger partial charge in [0.1, 0.15) is 10.6 Å². The molecule has 2 heterocycles. The largest absolute Gasteiger partial charge is 0.462 e. The first-order chi connectivity index (χ1) is 16.0. The van der Waals surface area contributed by atoms with E-state index in [2.05, 4.69) is 18.3 Å². The summed E-state index contributed by atoms with van der Waals surface area (Å²) in [5.74, 6) is -0.454. The van der Waals surface area contributed by atoms with Crippen LogP contribution in [0, 0.1) is 13.8 Å². The van der Waals surface area contributed by atoms with Crippen LogP contribution in [0.4, 0.5) is 5.00 Å². The van der Waals surface area contributed by atoms with Crippen molar-refractivity contribution in [3.63, 3.8) is 0 Å². The number of thioether (sulfide) groups is 1. The van der Waals surface area contributed by atoms with Crippen LogP contribution in [0.15, 0.2) is 65.0 Å². The average Bonchev–Trinajstić information content (AvgIpc) is 3.23. The summed E-state index contributed by atoms with van der Waals surface area (Å²) in [6.45, 7) is 6.12. The predicted octanol–water partition coefficient (Wildman–Crippen LogP) is 6.49. The predicted molar refractivity (Wildman–Crippen MR) is 136 cm³/mol. The van der Waals surface area contributed by atoms with Gasteiger partial charge in [-0.1, -0.05) is 60.3 Å². The zero-order valence-corrected chi connectivity index (χ0v) is 20.3. The standard InChI is InChI=1S/C26H24N2O3S2/c1-4-31-26(30)23-20(18-10-6-5-7-11-18)14-33-25(23)27-21(29)15-32-22-13-17(3)19-12-8-9-16(2)24(19)28-22/h5-14H,4,15H2,1-3H3,(H,27,29). The molecule has 0 aliphatic rings. The minimum Gasteiger partial charge on any atom is -0.462 e. The molecule has 33 heavy (non-hydrogen) atoms. The maximum Gasteiger partial charge on any atom is 0.341 e. The fourth-order valence-electron chi connectivity index (χ4n) is 3.59. The highest BCUT2D eigenvalue weighted by Gasteiger charge is 2.22. The summed E-state index contributed by atoms with van der Waals surface area (Å²) < 4.78 is 5.27. The van der Waals surface area contributed by atoms with Gasteiger partial charge in [-0.3, -0.25) is 4.79 Å². The molecule has 0 aliphatic heterocycles. The number of esters is 1. The number of fused-ring (bicyclic) bond motifs is 1. The number of carbonyl (C=O) groups is 2. The van der Waals surface area contributed by atoms with E-state index in [1.807, 2.05) is 60.8 Å². The second-order valence-electron chi connectivity index (χ2n) is 7.53. The van der Waals surface area contributed by atoms with E-state index in [4.69, 9.17) is 9.72 Å². The summed E-state index contributed by atoms with van der Waals surface area (Å²) in [6, 6.07) is 17.7. The van der Waals surface area contributed by atoms with E-state index in [1.54, 1.807) is 6.92 Å². The highest BCUT2D eigenvalue weighted by atomic mass is 32.2. The molecule has 5 nitrogen and oxygen atoms in total. The number of aryl methyl sites for hydroxylation is 2. The summed E-state index contributed by atoms with van der Waals surface area (Å²) >= 11 is 2.70. The van der Waals surface area contributed by atoms with Crippen molar-refractivity contribution in [3.8, 4) is 11.1 Å². The van der Waals surface area contributed by atoms with Crippen molar-refractivity contribution in [2.75, 3.05) is 17.7 Å². The molecule has 2 aromatic carbocycles. The molecule has 0 radical (unpaired) electrons. The third-order valence-electron chi connectivity index (χ3n) is 5.18. The first-order valence-electron chi connectivity index (χ1n) is 10.6. The molecule has 0 aliphatic carbocycles. The minimum atomic E-state index is -0.442. The van der Waals surface area contributed by atoms with Crippen LogP contribution in [-0.2, 0) is 9.53 Å². The van der Waals surface area contributed by atoms with Crippen LogP contribution in [0.1, 0.15) is 28.4 Å². The SMILES string of the molecule is CCOC(=O)c1c(-c2ccccc2)csc1NC(=O)CSc1cc(C)c2cccc(C)c2n1. The van der Waals surface area contributed by atoms with Gasteiger partial charge in [-0.2, -0.15) is 0 Å². The summed E-state index contributed by atoms with van der Waals surface area (Å²) in [6.07, 6.45) is 0. The van der Waals surface area contributed by atoms with Gasteiger partial charge in [-0.05, 0) is 43.5 Å². The van der Waals surface area contributed by atoms with Crippen LogP contribution in [-0.4, -0.2) is 29.2 Å². The molecule has 1 amide bonds. The number of anilines is 1. The topological polar surface area (TPSA) is 68.3 Å². The second-order valence-corrected chi connectivity index (χ2v) is 9.40. The van der Waals surface area contributed by atoms with Crippen molar-refractivity contribution < 1.29 is 14.3 Å². The van der Waals surface area contributed by atoms with Gasteiger partial charge in [0.05, 0.1) is 22.9 Å². The third kappa shape index (κ3) is 5.10. The number of hydrogen-bond donors (Lipinski definition) is 1. The van der Waals surface area contributed by atoms with Crippen molar-refractivity contribution in [1.29, 1.82) is 0 Å². The summed E-state index contributed by atoms with van der Waals surface area (Å²) in [7, 11) is 0. The van der Waals surface area contributed by atoms with Crippen LogP contribution >= 0.6 is 23.1 Å². The molecule has 0 spiro atoms. The lowest BCUT2D eigenvalue weighted by atomic mass is 10.0. The Labute approximate surface area is 201 Å². The maximum absolute atomic E-state index is 12.8. The number of hydrogen-bond acceptors (Lipinski definition) is 6. The van der Waals surface area contributed by atoms with Gasteiger partial charge in [0.2, 0.25) is 5.91 Å². The maximum atomic E-state index is 12.8. The van der Waals surface area contributed by atoms with Gasteiger partial charge in [-0.25, -0.2) is 9.78 Å². The molecule has 7 heteroatoms. The number of nitrogens with one attached hydrogen (secondary N) is 1. The molecule has 4 rings (SSSR count). The van der Waals surface area contributed by atoms with E-state index >= 15 is 0 Å². The first kappa shape index (κ1) is 23.0. The number of aromatic nitrogens is 1. The third-order valence-corrected chi connectivity index (χ3v) is 6.99. The molecule has 0 fully saturated rings. The Hall–Kier alpha value is -3.16. The zero-order chi connectivity index (χ0) is 23.4. The zero-order valence-electron chi connectivity index (χ0n) is 18.7. The summed E-state index contributed by atoms with van der Waals surface area (Å²) in [5.41, 5.74) is 5.23. The highest BCUT2D eigenvalue weighted by molar-refractivity contribution is 7.99. The van der Waals surface area contributed by atoms with E-state index in [-0.39, 0.29) is 18.3 Å². The van der Waals surface area contributed by atoms with Gasteiger partial charge >= 0.3 is 5.97 Å². The Morgan fingerprint density at radius 2 is 1.85 bits per heavy atom. The van der Waals surface area contributed by atoms with Gasteiger partial charge < -0.3 is 10.1 Å². The quantitative estimate of drug-likeness (QED) is 0.244. The first-order valence-corrected chi connectivity index (χ1v) is 12.5. The van der Waals surface area contributed by atoms with E-state index < -0.39 is 5.97 Å². The van der Waals surface area contributed by atoms with Crippen molar-refractivity contribution in [2.45, 2.75) is 25.8 Å². The number of rotatable bonds is 7. The lowest BCUT2D eigenvalue weighted by Crippen LogP contribution is -2.16. The normalized spacial score (nSPS) is 10.9. The molecule has 0 unspecified atom stereocenters. The number of nitrogens with zero attached hydrogens (tertiary/aromatic N) is 1.